The van der Waals surface area contributed by atoms with Crippen molar-refractivity contribution in [2.75, 3.05) is 32.8 Å². The SMILES string of the molecule is C=C(CN1CCOCC1)B1OC(C)(C)C(C)(C)O1. The van der Waals surface area contributed by atoms with Gasteiger partial charge in [-0.05, 0) is 33.2 Å². The molecule has 2 aliphatic rings. The van der Waals surface area contributed by atoms with Crippen molar-refractivity contribution in [2.45, 2.75) is 38.9 Å². The van der Waals surface area contributed by atoms with E-state index in [-0.39, 0.29) is 18.3 Å². The Kier molecular flexibility index (Phi) is 3.88. The van der Waals surface area contributed by atoms with Gasteiger partial charge in [0.1, 0.15) is 0 Å². The highest BCUT2D eigenvalue weighted by Gasteiger charge is 2.52. The van der Waals surface area contributed by atoms with Crippen molar-refractivity contribution in [3.8, 4) is 0 Å². The maximum absolute atomic E-state index is 5.99. The quantitative estimate of drug-likeness (QED) is 0.713. The molecule has 0 aromatic rings. The second kappa shape index (κ2) is 4.97. The second-order valence-electron chi connectivity index (χ2n) is 6.14. The lowest BCUT2D eigenvalue weighted by molar-refractivity contribution is 0.00578. The maximum Gasteiger partial charge on any atom is 0.491 e. The monoisotopic (exact) mass is 253 g/mol. The molecule has 0 bridgehead atoms. The summed E-state index contributed by atoms with van der Waals surface area (Å²) in [6.07, 6.45) is 0. The molecule has 0 aromatic carbocycles. The third-order valence-electron chi connectivity index (χ3n) is 4.12. The minimum absolute atomic E-state index is 0.286. The number of hydrogen-bond donors (Lipinski definition) is 0. The van der Waals surface area contributed by atoms with E-state index in [1.165, 1.54) is 0 Å². The normalized spacial score (nSPS) is 27.4. The van der Waals surface area contributed by atoms with E-state index >= 15 is 0 Å². The number of rotatable bonds is 3. The first-order valence-electron chi connectivity index (χ1n) is 6.65. The summed E-state index contributed by atoms with van der Waals surface area (Å²) in [5.74, 6) is 0. The van der Waals surface area contributed by atoms with Crippen LogP contribution in [0.2, 0.25) is 0 Å². The molecule has 0 amide bonds. The number of hydrogen-bond acceptors (Lipinski definition) is 4. The number of ether oxygens (including phenoxy) is 1. The molecule has 2 heterocycles. The van der Waals surface area contributed by atoms with E-state index in [0.717, 1.165) is 38.3 Å². The molecule has 0 radical (unpaired) electrons. The van der Waals surface area contributed by atoms with Crippen molar-refractivity contribution in [1.82, 2.24) is 4.90 Å². The first kappa shape index (κ1) is 14.1. The fraction of sp³-hybridized carbons (Fsp3) is 0.846. The molecule has 4 nitrogen and oxygen atoms in total. The van der Waals surface area contributed by atoms with Gasteiger partial charge in [-0.15, -0.1) is 6.58 Å². The van der Waals surface area contributed by atoms with Crippen LogP contribution in [0.3, 0.4) is 0 Å². The van der Waals surface area contributed by atoms with Crippen molar-refractivity contribution in [3.05, 3.63) is 12.1 Å². The molecule has 0 N–H and O–H groups in total. The van der Waals surface area contributed by atoms with Gasteiger partial charge in [0.25, 0.3) is 0 Å². The molecule has 0 spiro atoms. The molecule has 2 aliphatic heterocycles. The highest BCUT2D eigenvalue weighted by Crippen LogP contribution is 2.38. The Hall–Kier alpha value is -0.355. The van der Waals surface area contributed by atoms with Gasteiger partial charge >= 0.3 is 7.12 Å². The molecule has 2 rings (SSSR count). The van der Waals surface area contributed by atoms with Gasteiger partial charge in [-0.25, -0.2) is 0 Å². The molecule has 102 valence electrons. The lowest BCUT2D eigenvalue weighted by Gasteiger charge is -2.32. The summed E-state index contributed by atoms with van der Waals surface area (Å²) >= 11 is 0. The summed E-state index contributed by atoms with van der Waals surface area (Å²) < 4.78 is 17.3. The van der Waals surface area contributed by atoms with Crippen LogP contribution in [0, 0.1) is 0 Å². The third kappa shape index (κ3) is 2.80. The smallest absolute Gasteiger partial charge is 0.400 e. The summed E-state index contributed by atoms with van der Waals surface area (Å²) in [6, 6.07) is 0. The third-order valence-corrected chi connectivity index (χ3v) is 4.12. The Balaban J connectivity index is 1.91. The first-order chi connectivity index (χ1) is 8.32. The minimum Gasteiger partial charge on any atom is -0.400 e. The van der Waals surface area contributed by atoms with Gasteiger partial charge in [0.05, 0.1) is 24.4 Å². The van der Waals surface area contributed by atoms with E-state index in [0.29, 0.717) is 0 Å². The van der Waals surface area contributed by atoms with Crippen LogP contribution in [-0.2, 0) is 14.0 Å². The average Bonchev–Trinajstić information content (AvgIpc) is 2.50. The van der Waals surface area contributed by atoms with Crippen LogP contribution < -0.4 is 0 Å². The van der Waals surface area contributed by atoms with Gasteiger partial charge in [0, 0.05) is 19.6 Å². The van der Waals surface area contributed by atoms with E-state index in [9.17, 15) is 0 Å². The largest absolute Gasteiger partial charge is 0.491 e. The highest BCUT2D eigenvalue weighted by molar-refractivity contribution is 6.54. The first-order valence-corrected chi connectivity index (χ1v) is 6.65. The zero-order valence-corrected chi connectivity index (χ0v) is 12.0. The summed E-state index contributed by atoms with van der Waals surface area (Å²) in [7, 11) is -0.294. The summed E-state index contributed by atoms with van der Waals surface area (Å²) in [5, 5.41) is 0. The van der Waals surface area contributed by atoms with Gasteiger partial charge < -0.3 is 14.0 Å². The van der Waals surface area contributed by atoms with Crippen LogP contribution in [0.15, 0.2) is 12.1 Å². The molecule has 5 heteroatoms. The van der Waals surface area contributed by atoms with Crippen LogP contribution in [0.5, 0.6) is 0 Å². The van der Waals surface area contributed by atoms with Crippen LogP contribution in [-0.4, -0.2) is 56.1 Å². The van der Waals surface area contributed by atoms with Gasteiger partial charge in [-0.3, -0.25) is 4.90 Å². The Labute approximate surface area is 110 Å². The number of nitrogens with zero attached hydrogens (tertiary/aromatic N) is 1. The van der Waals surface area contributed by atoms with E-state index in [2.05, 4.69) is 39.2 Å². The topological polar surface area (TPSA) is 30.9 Å². The Morgan fingerprint density at radius 2 is 1.61 bits per heavy atom. The van der Waals surface area contributed by atoms with Crippen molar-refractivity contribution < 1.29 is 14.0 Å². The molecule has 0 unspecified atom stereocenters. The zero-order chi connectivity index (χ0) is 13.4. The van der Waals surface area contributed by atoms with Crippen LogP contribution in [0.1, 0.15) is 27.7 Å². The molecule has 2 saturated heterocycles. The Bertz CT molecular complexity index is 308. The van der Waals surface area contributed by atoms with Crippen LogP contribution >= 0.6 is 0 Å². The van der Waals surface area contributed by atoms with Gasteiger partial charge in [-0.2, -0.15) is 0 Å². The molecular formula is C13H24BNO3. The second-order valence-corrected chi connectivity index (χ2v) is 6.14. The summed E-state index contributed by atoms with van der Waals surface area (Å²) in [5.41, 5.74) is 0.424. The Morgan fingerprint density at radius 3 is 2.11 bits per heavy atom. The molecule has 0 aliphatic carbocycles. The lowest BCUT2D eigenvalue weighted by atomic mass is 9.79. The van der Waals surface area contributed by atoms with E-state index in [1.54, 1.807) is 0 Å². The summed E-state index contributed by atoms with van der Waals surface area (Å²) in [4.78, 5) is 2.33. The molecule has 0 aromatic heterocycles. The van der Waals surface area contributed by atoms with Crippen LogP contribution in [0.4, 0.5) is 0 Å². The van der Waals surface area contributed by atoms with E-state index in [4.69, 9.17) is 14.0 Å². The van der Waals surface area contributed by atoms with Crippen molar-refractivity contribution in [2.24, 2.45) is 0 Å². The average molecular weight is 253 g/mol. The molecule has 18 heavy (non-hydrogen) atoms. The highest BCUT2D eigenvalue weighted by atomic mass is 16.7. The predicted molar refractivity (Wildman–Crippen MR) is 72.5 cm³/mol. The Morgan fingerprint density at radius 1 is 1.11 bits per heavy atom. The van der Waals surface area contributed by atoms with Gasteiger partial charge in [-0.1, -0.05) is 0 Å². The predicted octanol–water partition coefficient (Wildman–Crippen LogP) is 1.51. The fourth-order valence-electron chi connectivity index (χ4n) is 2.13. The van der Waals surface area contributed by atoms with Gasteiger partial charge in [0.2, 0.25) is 0 Å². The lowest BCUT2D eigenvalue weighted by Crippen LogP contribution is -2.41. The van der Waals surface area contributed by atoms with Crippen molar-refractivity contribution in [3.63, 3.8) is 0 Å². The minimum atomic E-state index is -0.294. The van der Waals surface area contributed by atoms with E-state index < -0.39 is 0 Å². The van der Waals surface area contributed by atoms with Crippen molar-refractivity contribution in [1.29, 1.82) is 0 Å². The maximum atomic E-state index is 5.99. The van der Waals surface area contributed by atoms with E-state index in [1.807, 2.05) is 0 Å². The van der Waals surface area contributed by atoms with Gasteiger partial charge in [0.15, 0.2) is 0 Å². The zero-order valence-electron chi connectivity index (χ0n) is 12.0. The number of morpholine rings is 1. The fourth-order valence-corrected chi connectivity index (χ4v) is 2.13. The molecular weight excluding hydrogens is 229 g/mol. The molecule has 0 atom stereocenters. The van der Waals surface area contributed by atoms with Crippen LogP contribution in [0.25, 0.3) is 0 Å². The standard InChI is InChI=1S/C13H24BNO3/c1-11(10-15-6-8-16-9-7-15)14-17-12(2,3)13(4,5)18-14/h1,6-10H2,2-5H3. The summed E-state index contributed by atoms with van der Waals surface area (Å²) in [6.45, 7) is 16.7. The van der Waals surface area contributed by atoms with Crippen molar-refractivity contribution >= 4 is 7.12 Å². The molecule has 0 saturated carbocycles. The molecule has 2 fully saturated rings.